The molecule has 1 heterocycles. The van der Waals surface area contributed by atoms with Crippen molar-refractivity contribution < 1.29 is 9.59 Å². The lowest BCUT2D eigenvalue weighted by Gasteiger charge is -2.15. The van der Waals surface area contributed by atoms with Gasteiger partial charge in [0.1, 0.15) is 6.54 Å². The fraction of sp³-hybridized carbons (Fsp3) is 0.250. The Labute approximate surface area is 113 Å². The molecule has 92 valence electrons. The number of amides is 3. The number of hydrogen-bond acceptors (Lipinski definition) is 3. The fourth-order valence-corrected chi connectivity index (χ4v) is 2.24. The number of carbonyl (C=O) groups excluding carboxylic acids is 2. The zero-order valence-electron chi connectivity index (χ0n) is 9.68. The van der Waals surface area contributed by atoms with E-state index in [1.54, 1.807) is 25.2 Å². The lowest BCUT2D eigenvalue weighted by Crippen LogP contribution is -2.31. The van der Waals surface area contributed by atoms with Crippen LogP contribution in [0.2, 0.25) is 0 Å². The van der Waals surface area contributed by atoms with E-state index in [4.69, 9.17) is 5.26 Å². The maximum absolute atomic E-state index is 11.7. The molecule has 1 fully saturated rings. The maximum atomic E-state index is 11.7. The first kappa shape index (κ1) is 12.6. The van der Waals surface area contributed by atoms with E-state index in [1.165, 1.54) is 9.80 Å². The number of urea groups is 1. The topological polar surface area (TPSA) is 64.4 Å². The summed E-state index contributed by atoms with van der Waals surface area (Å²) in [6, 6.07) is 6.80. The van der Waals surface area contributed by atoms with Crippen molar-refractivity contribution in [2.24, 2.45) is 0 Å². The second-order valence-electron chi connectivity index (χ2n) is 4.04. The van der Waals surface area contributed by atoms with Crippen molar-refractivity contribution >= 4 is 27.9 Å². The molecular formula is C12H10BrN3O2. The van der Waals surface area contributed by atoms with Gasteiger partial charge in [0.2, 0.25) is 0 Å². The predicted octanol–water partition coefficient (Wildman–Crippen LogP) is 1.71. The lowest BCUT2D eigenvalue weighted by molar-refractivity contribution is -0.125. The Morgan fingerprint density at radius 1 is 1.44 bits per heavy atom. The zero-order valence-corrected chi connectivity index (χ0v) is 11.3. The lowest BCUT2D eigenvalue weighted by atomic mass is 10.1. The summed E-state index contributed by atoms with van der Waals surface area (Å²) in [5.41, 5.74) is 1.33. The number of nitriles is 1. The van der Waals surface area contributed by atoms with Gasteiger partial charge in [0.25, 0.3) is 5.91 Å². The molecular weight excluding hydrogens is 298 g/mol. The van der Waals surface area contributed by atoms with E-state index in [-0.39, 0.29) is 25.0 Å². The van der Waals surface area contributed by atoms with Crippen LogP contribution in [0.4, 0.5) is 4.79 Å². The van der Waals surface area contributed by atoms with Gasteiger partial charge < -0.3 is 4.90 Å². The molecule has 0 spiro atoms. The smallest absolute Gasteiger partial charge is 0.318 e. The van der Waals surface area contributed by atoms with Gasteiger partial charge in [-0.2, -0.15) is 5.26 Å². The molecule has 5 nitrogen and oxygen atoms in total. The van der Waals surface area contributed by atoms with Crippen molar-refractivity contribution in [1.82, 2.24) is 9.80 Å². The normalized spacial score (nSPS) is 15.2. The number of hydrogen-bond donors (Lipinski definition) is 0. The summed E-state index contributed by atoms with van der Waals surface area (Å²) in [7, 11) is 1.59. The summed E-state index contributed by atoms with van der Waals surface area (Å²) in [6.07, 6.45) is 0. The standard InChI is InChI=1S/C12H10BrN3O2/c1-15-7-11(17)16(12(15)18)6-9-3-2-8(5-14)4-10(9)13/h2-4H,6-7H2,1H3. The molecule has 1 aliphatic rings. The zero-order chi connectivity index (χ0) is 13.3. The van der Waals surface area contributed by atoms with E-state index in [1.807, 2.05) is 6.07 Å². The monoisotopic (exact) mass is 307 g/mol. The molecule has 18 heavy (non-hydrogen) atoms. The number of carbonyl (C=O) groups is 2. The summed E-state index contributed by atoms with van der Waals surface area (Å²) in [5.74, 6) is -0.209. The second kappa shape index (κ2) is 4.78. The van der Waals surface area contributed by atoms with Crippen LogP contribution in [0.15, 0.2) is 22.7 Å². The van der Waals surface area contributed by atoms with Crippen LogP contribution >= 0.6 is 15.9 Å². The Kier molecular flexibility index (Phi) is 3.34. The molecule has 6 heteroatoms. The molecule has 0 aliphatic carbocycles. The van der Waals surface area contributed by atoms with Gasteiger partial charge >= 0.3 is 6.03 Å². The first-order chi connectivity index (χ1) is 8.52. The quantitative estimate of drug-likeness (QED) is 0.781. The van der Waals surface area contributed by atoms with Gasteiger partial charge in [-0.1, -0.05) is 22.0 Å². The molecule has 0 bridgehead atoms. The Hall–Kier alpha value is -1.87. The molecule has 0 saturated carbocycles. The highest BCUT2D eigenvalue weighted by molar-refractivity contribution is 9.10. The van der Waals surface area contributed by atoms with Crippen LogP contribution in [0.5, 0.6) is 0 Å². The van der Waals surface area contributed by atoms with Crippen LogP contribution < -0.4 is 0 Å². The van der Waals surface area contributed by atoms with Gasteiger partial charge in [-0.05, 0) is 17.7 Å². The molecule has 1 aromatic carbocycles. The van der Waals surface area contributed by atoms with Gasteiger partial charge in [0, 0.05) is 11.5 Å². The average molecular weight is 308 g/mol. The molecule has 1 saturated heterocycles. The molecule has 0 radical (unpaired) electrons. The van der Waals surface area contributed by atoms with Gasteiger partial charge in [0.15, 0.2) is 0 Å². The molecule has 3 amide bonds. The summed E-state index contributed by atoms with van der Waals surface area (Å²) in [4.78, 5) is 25.9. The number of nitrogens with zero attached hydrogens (tertiary/aromatic N) is 3. The molecule has 1 aromatic rings. The van der Waals surface area contributed by atoms with Gasteiger partial charge in [0.05, 0.1) is 18.2 Å². The molecule has 0 atom stereocenters. The van der Waals surface area contributed by atoms with Gasteiger partial charge in [-0.15, -0.1) is 0 Å². The van der Waals surface area contributed by atoms with Crippen LogP contribution in [-0.2, 0) is 11.3 Å². The highest BCUT2D eigenvalue weighted by atomic mass is 79.9. The second-order valence-corrected chi connectivity index (χ2v) is 4.89. The molecule has 0 unspecified atom stereocenters. The molecule has 2 rings (SSSR count). The minimum absolute atomic E-state index is 0.118. The Bertz CT molecular complexity index is 565. The number of likely N-dealkylation sites (N-methyl/N-ethyl adjacent to an activating group) is 1. The van der Waals surface area contributed by atoms with Crippen LogP contribution in [0.1, 0.15) is 11.1 Å². The summed E-state index contributed by atoms with van der Waals surface area (Å²) in [5, 5.41) is 8.76. The van der Waals surface area contributed by atoms with E-state index in [2.05, 4.69) is 15.9 Å². The van der Waals surface area contributed by atoms with Crippen molar-refractivity contribution in [1.29, 1.82) is 5.26 Å². The highest BCUT2D eigenvalue weighted by Crippen LogP contribution is 2.22. The van der Waals surface area contributed by atoms with E-state index in [9.17, 15) is 9.59 Å². The number of benzene rings is 1. The predicted molar refractivity (Wildman–Crippen MR) is 67.4 cm³/mol. The number of rotatable bonds is 2. The minimum Gasteiger partial charge on any atom is -0.318 e. The summed E-state index contributed by atoms with van der Waals surface area (Å²) in [6.45, 7) is 0.334. The average Bonchev–Trinajstić information content (AvgIpc) is 2.58. The highest BCUT2D eigenvalue weighted by Gasteiger charge is 2.33. The van der Waals surface area contributed by atoms with E-state index in [0.717, 1.165) is 10.0 Å². The number of halogens is 1. The van der Waals surface area contributed by atoms with E-state index >= 15 is 0 Å². The third kappa shape index (κ3) is 2.22. The fourth-order valence-electron chi connectivity index (χ4n) is 1.74. The Balaban J connectivity index is 2.23. The largest absolute Gasteiger partial charge is 0.327 e. The molecule has 1 aliphatic heterocycles. The van der Waals surface area contributed by atoms with Crippen molar-refractivity contribution in [3.63, 3.8) is 0 Å². The third-order valence-corrected chi connectivity index (χ3v) is 3.48. The Morgan fingerprint density at radius 3 is 2.67 bits per heavy atom. The summed E-state index contributed by atoms with van der Waals surface area (Å²) >= 11 is 3.34. The van der Waals surface area contributed by atoms with Crippen LogP contribution in [0.25, 0.3) is 0 Å². The van der Waals surface area contributed by atoms with Crippen LogP contribution in [0, 0.1) is 11.3 Å². The third-order valence-electron chi connectivity index (χ3n) is 2.74. The van der Waals surface area contributed by atoms with E-state index < -0.39 is 0 Å². The van der Waals surface area contributed by atoms with Crippen molar-refractivity contribution in [3.05, 3.63) is 33.8 Å². The first-order valence-electron chi connectivity index (χ1n) is 5.27. The van der Waals surface area contributed by atoms with Gasteiger partial charge in [-0.3, -0.25) is 9.69 Å². The van der Waals surface area contributed by atoms with E-state index in [0.29, 0.717) is 5.56 Å². The van der Waals surface area contributed by atoms with Crippen molar-refractivity contribution in [2.45, 2.75) is 6.54 Å². The maximum Gasteiger partial charge on any atom is 0.327 e. The Morgan fingerprint density at radius 2 is 2.17 bits per heavy atom. The number of imide groups is 1. The summed E-state index contributed by atoms with van der Waals surface area (Å²) < 4.78 is 0.719. The molecule has 0 aromatic heterocycles. The van der Waals surface area contributed by atoms with Crippen LogP contribution in [0.3, 0.4) is 0 Å². The minimum atomic E-state index is -0.295. The van der Waals surface area contributed by atoms with Crippen molar-refractivity contribution in [3.8, 4) is 6.07 Å². The first-order valence-corrected chi connectivity index (χ1v) is 6.06. The van der Waals surface area contributed by atoms with Crippen molar-refractivity contribution in [2.75, 3.05) is 13.6 Å². The van der Waals surface area contributed by atoms with Gasteiger partial charge in [-0.25, -0.2) is 4.79 Å². The van der Waals surface area contributed by atoms with Crippen LogP contribution in [-0.4, -0.2) is 35.3 Å². The molecule has 0 N–H and O–H groups in total. The SMILES string of the molecule is CN1CC(=O)N(Cc2ccc(C#N)cc2Br)C1=O.